The monoisotopic (exact) mass is 253 g/mol. The summed E-state index contributed by atoms with van der Waals surface area (Å²) in [6.45, 7) is 8.20. The van der Waals surface area contributed by atoms with E-state index in [9.17, 15) is 0 Å². The lowest BCUT2D eigenvalue weighted by Gasteiger charge is -2.37. The first-order valence-electron chi connectivity index (χ1n) is 8.56. The average Bonchev–Trinajstić information content (AvgIpc) is 2.42. The molecule has 1 nitrogen and oxygen atoms in total. The Labute approximate surface area is 115 Å². The lowest BCUT2D eigenvalue weighted by molar-refractivity contribution is 0.167. The summed E-state index contributed by atoms with van der Waals surface area (Å²) < 4.78 is 0. The van der Waals surface area contributed by atoms with Gasteiger partial charge in [-0.2, -0.15) is 0 Å². The molecule has 108 valence electrons. The summed E-state index contributed by atoms with van der Waals surface area (Å²) in [5.74, 6) is 1.96. The Morgan fingerprint density at radius 3 is 2.44 bits per heavy atom. The summed E-state index contributed by atoms with van der Waals surface area (Å²) in [5.41, 5.74) is 0. The number of nitrogens with one attached hydrogen (secondary N) is 1. The normalized spacial score (nSPS) is 26.2. The van der Waals surface area contributed by atoms with Crippen LogP contribution in [0.5, 0.6) is 0 Å². The predicted octanol–water partition coefficient (Wildman–Crippen LogP) is 5.15. The third-order valence-corrected chi connectivity index (χ3v) is 4.78. The van der Waals surface area contributed by atoms with Crippen molar-refractivity contribution in [3.63, 3.8) is 0 Å². The van der Waals surface area contributed by atoms with Crippen LogP contribution in [-0.2, 0) is 0 Å². The fourth-order valence-corrected chi connectivity index (χ4v) is 3.68. The molecular formula is C17H35N. The Bertz CT molecular complexity index is 190. The number of rotatable bonds is 9. The highest BCUT2D eigenvalue weighted by Crippen LogP contribution is 2.35. The smallest absolute Gasteiger partial charge is 0.00979 e. The van der Waals surface area contributed by atoms with Crippen molar-refractivity contribution in [1.29, 1.82) is 0 Å². The average molecular weight is 253 g/mol. The van der Waals surface area contributed by atoms with Gasteiger partial charge in [0.25, 0.3) is 0 Å². The fraction of sp³-hybridized carbons (Fsp3) is 1.00. The van der Waals surface area contributed by atoms with E-state index in [1.54, 1.807) is 0 Å². The van der Waals surface area contributed by atoms with E-state index in [4.69, 9.17) is 0 Å². The molecule has 1 saturated carbocycles. The van der Waals surface area contributed by atoms with E-state index in [-0.39, 0.29) is 0 Å². The van der Waals surface area contributed by atoms with Gasteiger partial charge in [-0.3, -0.25) is 0 Å². The van der Waals surface area contributed by atoms with Gasteiger partial charge in [-0.15, -0.1) is 0 Å². The van der Waals surface area contributed by atoms with E-state index in [0.717, 1.165) is 17.9 Å². The molecule has 0 aromatic rings. The van der Waals surface area contributed by atoms with Crippen LogP contribution in [0.1, 0.15) is 85.0 Å². The number of unbranched alkanes of at least 4 members (excludes halogenated alkanes) is 2. The minimum atomic E-state index is 0.807. The van der Waals surface area contributed by atoms with Gasteiger partial charge < -0.3 is 5.32 Å². The van der Waals surface area contributed by atoms with Crippen molar-refractivity contribution in [3.8, 4) is 0 Å². The van der Waals surface area contributed by atoms with E-state index in [1.165, 1.54) is 70.8 Å². The summed E-state index contributed by atoms with van der Waals surface area (Å²) in [4.78, 5) is 0. The summed E-state index contributed by atoms with van der Waals surface area (Å²) in [5, 5.41) is 3.86. The van der Waals surface area contributed by atoms with Crippen LogP contribution in [0.2, 0.25) is 0 Å². The number of hydrogen-bond donors (Lipinski definition) is 1. The van der Waals surface area contributed by atoms with Crippen LogP contribution in [0.3, 0.4) is 0 Å². The highest BCUT2D eigenvalue weighted by molar-refractivity contribution is 4.84. The van der Waals surface area contributed by atoms with E-state index in [2.05, 4.69) is 26.1 Å². The first kappa shape index (κ1) is 16.0. The van der Waals surface area contributed by atoms with Crippen molar-refractivity contribution in [3.05, 3.63) is 0 Å². The lowest BCUT2D eigenvalue weighted by atomic mass is 9.73. The maximum Gasteiger partial charge on any atom is 0.00979 e. The van der Waals surface area contributed by atoms with Crippen LogP contribution in [0, 0.1) is 11.8 Å². The molecule has 1 aliphatic carbocycles. The van der Waals surface area contributed by atoms with Crippen molar-refractivity contribution < 1.29 is 0 Å². The second-order valence-corrected chi connectivity index (χ2v) is 6.17. The fourth-order valence-electron chi connectivity index (χ4n) is 3.68. The van der Waals surface area contributed by atoms with Gasteiger partial charge in [0.2, 0.25) is 0 Å². The summed E-state index contributed by atoms with van der Waals surface area (Å²) >= 11 is 0. The van der Waals surface area contributed by atoms with Crippen LogP contribution < -0.4 is 5.32 Å². The first-order valence-corrected chi connectivity index (χ1v) is 8.56. The van der Waals surface area contributed by atoms with Gasteiger partial charge in [0.15, 0.2) is 0 Å². The van der Waals surface area contributed by atoms with Crippen LogP contribution in [0.4, 0.5) is 0 Å². The van der Waals surface area contributed by atoms with Gasteiger partial charge in [0, 0.05) is 6.04 Å². The molecule has 0 heterocycles. The third-order valence-electron chi connectivity index (χ3n) is 4.78. The van der Waals surface area contributed by atoms with Crippen LogP contribution in [-0.4, -0.2) is 12.6 Å². The van der Waals surface area contributed by atoms with E-state index in [0.29, 0.717) is 0 Å². The second-order valence-electron chi connectivity index (χ2n) is 6.17. The van der Waals surface area contributed by atoms with Gasteiger partial charge in [-0.05, 0) is 37.6 Å². The van der Waals surface area contributed by atoms with E-state index >= 15 is 0 Å². The molecule has 0 saturated heterocycles. The van der Waals surface area contributed by atoms with Crippen LogP contribution in [0.15, 0.2) is 0 Å². The quantitative estimate of drug-likeness (QED) is 0.560. The second kappa shape index (κ2) is 9.83. The lowest BCUT2D eigenvalue weighted by Crippen LogP contribution is -2.41. The van der Waals surface area contributed by atoms with Crippen molar-refractivity contribution in [2.45, 2.75) is 91.0 Å². The Hall–Kier alpha value is -0.0400. The Morgan fingerprint density at radius 2 is 1.78 bits per heavy atom. The largest absolute Gasteiger partial charge is 0.314 e. The molecule has 3 unspecified atom stereocenters. The third kappa shape index (κ3) is 5.30. The van der Waals surface area contributed by atoms with Crippen molar-refractivity contribution in [1.82, 2.24) is 5.32 Å². The zero-order valence-electron chi connectivity index (χ0n) is 13.0. The van der Waals surface area contributed by atoms with Crippen molar-refractivity contribution >= 4 is 0 Å². The number of hydrogen-bond acceptors (Lipinski definition) is 1. The molecule has 0 amide bonds. The molecule has 1 N–H and O–H groups in total. The molecule has 3 atom stereocenters. The molecule has 1 heteroatoms. The molecule has 0 aromatic heterocycles. The zero-order chi connectivity index (χ0) is 13.2. The SMILES string of the molecule is CCCCCC(NCCC)C1CCCCC1CC. The van der Waals surface area contributed by atoms with Crippen LogP contribution >= 0.6 is 0 Å². The molecule has 0 bridgehead atoms. The molecule has 0 spiro atoms. The molecule has 1 rings (SSSR count). The minimum Gasteiger partial charge on any atom is -0.314 e. The van der Waals surface area contributed by atoms with Gasteiger partial charge in [0.1, 0.15) is 0 Å². The zero-order valence-corrected chi connectivity index (χ0v) is 13.0. The van der Waals surface area contributed by atoms with Gasteiger partial charge in [-0.25, -0.2) is 0 Å². The maximum absolute atomic E-state index is 3.86. The molecular weight excluding hydrogens is 218 g/mol. The van der Waals surface area contributed by atoms with Crippen molar-refractivity contribution in [2.75, 3.05) is 6.54 Å². The van der Waals surface area contributed by atoms with E-state index in [1.807, 2.05) is 0 Å². The highest BCUT2D eigenvalue weighted by Gasteiger charge is 2.29. The highest BCUT2D eigenvalue weighted by atomic mass is 14.9. The Balaban J connectivity index is 2.48. The summed E-state index contributed by atoms with van der Waals surface area (Å²) in [6.07, 6.45) is 14.2. The molecule has 0 aromatic carbocycles. The van der Waals surface area contributed by atoms with Crippen molar-refractivity contribution in [2.24, 2.45) is 11.8 Å². The molecule has 18 heavy (non-hydrogen) atoms. The Morgan fingerprint density at radius 1 is 1.00 bits per heavy atom. The Kier molecular flexibility index (Phi) is 8.75. The van der Waals surface area contributed by atoms with Gasteiger partial charge >= 0.3 is 0 Å². The molecule has 1 aliphatic rings. The van der Waals surface area contributed by atoms with Gasteiger partial charge in [0.05, 0.1) is 0 Å². The predicted molar refractivity (Wildman–Crippen MR) is 82.0 cm³/mol. The van der Waals surface area contributed by atoms with Gasteiger partial charge in [-0.1, -0.05) is 65.7 Å². The summed E-state index contributed by atoms with van der Waals surface area (Å²) in [7, 11) is 0. The maximum atomic E-state index is 3.86. The molecule has 1 fully saturated rings. The molecule has 0 aliphatic heterocycles. The first-order chi connectivity index (χ1) is 8.83. The van der Waals surface area contributed by atoms with E-state index < -0.39 is 0 Å². The topological polar surface area (TPSA) is 12.0 Å². The summed E-state index contributed by atoms with van der Waals surface area (Å²) in [6, 6.07) is 0.807. The van der Waals surface area contributed by atoms with Crippen LogP contribution in [0.25, 0.3) is 0 Å². The molecule has 0 radical (unpaired) electrons. The minimum absolute atomic E-state index is 0.807. The standard InChI is InChI=1S/C17H35N/c1-4-7-8-13-17(18-14-5-2)16-12-10-9-11-15(16)6-3/h15-18H,4-14H2,1-3H3.